The van der Waals surface area contributed by atoms with Crippen LogP contribution in [0.15, 0.2) is 58.4 Å². The van der Waals surface area contributed by atoms with Crippen LogP contribution in [-0.2, 0) is 23.1 Å². The second kappa shape index (κ2) is 10.7. The lowest BCUT2D eigenvalue weighted by atomic mass is 10.2. The second-order valence-corrected chi connectivity index (χ2v) is 8.47. The second-order valence-electron chi connectivity index (χ2n) is 6.32. The number of sulfonamides is 1. The molecule has 0 saturated heterocycles. The van der Waals surface area contributed by atoms with Crippen LogP contribution >= 0.6 is 24.0 Å². The molecule has 0 bridgehead atoms. The zero-order valence-corrected chi connectivity index (χ0v) is 19.5. The van der Waals surface area contributed by atoms with Gasteiger partial charge in [-0.25, -0.2) is 17.1 Å². The number of nitrogens with zero attached hydrogens (tertiary/aromatic N) is 3. The molecule has 9 heteroatoms. The number of halogens is 2. The molecule has 154 valence electrons. The zero-order chi connectivity index (χ0) is 20.0. The van der Waals surface area contributed by atoms with Crippen LogP contribution in [0.4, 0.5) is 4.39 Å². The van der Waals surface area contributed by atoms with Crippen molar-refractivity contribution in [2.45, 2.75) is 18.0 Å². The SMILES string of the molecule is CN=C(NCc1ccc(S(=O)(=O)N(C)C)cc1)N(C)Cc1cccc(F)c1.I. The van der Waals surface area contributed by atoms with Crippen LogP contribution in [0.25, 0.3) is 0 Å². The molecular weight excluding hydrogens is 494 g/mol. The summed E-state index contributed by atoms with van der Waals surface area (Å²) in [6.07, 6.45) is 0. The summed E-state index contributed by atoms with van der Waals surface area (Å²) in [6, 6.07) is 13.2. The Hall–Kier alpha value is -1.72. The molecule has 6 nitrogen and oxygen atoms in total. The van der Waals surface area contributed by atoms with Crippen molar-refractivity contribution in [1.82, 2.24) is 14.5 Å². The molecule has 2 rings (SSSR count). The first kappa shape index (κ1) is 24.3. The van der Waals surface area contributed by atoms with Crippen molar-refractivity contribution in [2.24, 2.45) is 4.99 Å². The lowest BCUT2D eigenvalue weighted by Gasteiger charge is -2.22. The number of hydrogen-bond acceptors (Lipinski definition) is 3. The Morgan fingerprint density at radius 2 is 1.71 bits per heavy atom. The fraction of sp³-hybridized carbons (Fsp3) is 0.316. The topological polar surface area (TPSA) is 65.0 Å². The van der Waals surface area contributed by atoms with Gasteiger partial charge >= 0.3 is 0 Å². The van der Waals surface area contributed by atoms with Crippen LogP contribution in [0.1, 0.15) is 11.1 Å². The highest BCUT2D eigenvalue weighted by atomic mass is 127. The minimum absolute atomic E-state index is 0. The van der Waals surface area contributed by atoms with Gasteiger partial charge in [-0.1, -0.05) is 24.3 Å². The Labute approximate surface area is 183 Å². The number of benzene rings is 2. The van der Waals surface area contributed by atoms with E-state index in [4.69, 9.17) is 0 Å². The highest BCUT2D eigenvalue weighted by Gasteiger charge is 2.16. The smallest absolute Gasteiger partial charge is 0.242 e. The number of nitrogens with one attached hydrogen (secondary N) is 1. The van der Waals surface area contributed by atoms with Gasteiger partial charge in [0.1, 0.15) is 5.82 Å². The number of hydrogen-bond donors (Lipinski definition) is 1. The average molecular weight is 520 g/mol. The highest BCUT2D eigenvalue weighted by molar-refractivity contribution is 14.0. The molecule has 0 radical (unpaired) electrons. The van der Waals surface area contributed by atoms with Gasteiger partial charge in [0.25, 0.3) is 0 Å². The van der Waals surface area contributed by atoms with Crippen molar-refractivity contribution in [3.05, 3.63) is 65.5 Å². The third kappa shape index (κ3) is 6.42. The van der Waals surface area contributed by atoms with E-state index >= 15 is 0 Å². The molecule has 2 aromatic carbocycles. The third-order valence-corrected chi connectivity index (χ3v) is 5.86. The Kier molecular flexibility index (Phi) is 9.31. The average Bonchev–Trinajstić information content (AvgIpc) is 2.62. The summed E-state index contributed by atoms with van der Waals surface area (Å²) in [5.41, 5.74) is 1.77. The van der Waals surface area contributed by atoms with Gasteiger partial charge in [-0.05, 0) is 35.4 Å². The minimum Gasteiger partial charge on any atom is -0.352 e. The van der Waals surface area contributed by atoms with Crippen molar-refractivity contribution >= 4 is 40.0 Å². The van der Waals surface area contributed by atoms with E-state index in [2.05, 4.69) is 10.3 Å². The van der Waals surface area contributed by atoms with Crippen LogP contribution in [-0.4, -0.2) is 51.8 Å². The van der Waals surface area contributed by atoms with Crippen LogP contribution in [0.2, 0.25) is 0 Å². The number of guanidine groups is 1. The summed E-state index contributed by atoms with van der Waals surface area (Å²) in [5.74, 6) is 0.390. The molecule has 0 aromatic heterocycles. The first-order valence-corrected chi connectivity index (χ1v) is 9.85. The van der Waals surface area contributed by atoms with E-state index in [0.717, 1.165) is 11.1 Å². The Bertz CT molecular complexity index is 902. The van der Waals surface area contributed by atoms with Gasteiger partial charge in [0.15, 0.2) is 5.96 Å². The van der Waals surface area contributed by atoms with E-state index < -0.39 is 10.0 Å². The van der Waals surface area contributed by atoms with Gasteiger partial charge in [-0.2, -0.15) is 0 Å². The molecule has 0 atom stereocenters. The summed E-state index contributed by atoms with van der Waals surface area (Å²) < 4.78 is 38.7. The number of rotatable bonds is 6. The van der Waals surface area contributed by atoms with Crippen molar-refractivity contribution in [2.75, 3.05) is 28.2 Å². The summed E-state index contributed by atoms with van der Waals surface area (Å²) >= 11 is 0. The third-order valence-electron chi connectivity index (χ3n) is 4.03. The van der Waals surface area contributed by atoms with Crippen LogP contribution in [0.5, 0.6) is 0 Å². The Morgan fingerprint density at radius 3 is 2.25 bits per heavy atom. The largest absolute Gasteiger partial charge is 0.352 e. The lowest BCUT2D eigenvalue weighted by molar-refractivity contribution is 0.474. The van der Waals surface area contributed by atoms with Crippen molar-refractivity contribution < 1.29 is 12.8 Å². The molecule has 0 fully saturated rings. The van der Waals surface area contributed by atoms with E-state index in [0.29, 0.717) is 19.0 Å². The van der Waals surface area contributed by atoms with Crippen molar-refractivity contribution in [3.63, 3.8) is 0 Å². The monoisotopic (exact) mass is 520 g/mol. The summed E-state index contributed by atoms with van der Waals surface area (Å²) in [7, 11) is 3.12. The molecule has 1 N–H and O–H groups in total. The fourth-order valence-corrected chi connectivity index (χ4v) is 3.44. The van der Waals surface area contributed by atoms with Crippen molar-refractivity contribution in [1.29, 1.82) is 0 Å². The molecule has 0 aliphatic carbocycles. The van der Waals surface area contributed by atoms with Crippen LogP contribution < -0.4 is 5.32 Å². The first-order chi connectivity index (χ1) is 12.7. The molecule has 0 unspecified atom stereocenters. The molecular formula is C19H26FIN4O2S. The fourth-order valence-electron chi connectivity index (χ4n) is 2.54. The van der Waals surface area contributed by atoms with E-state index in [-0.39, 0.29) is 34.7 Å². The first-order valence-electron chi connectivity index (χ1n) is 8.41. The summed E-state index contributed by atoms with van der Waals surface area (Å²) in [5, 5.41) is 3.22. The van der Waals surface area contributed by atoms with Crippen LogP contribution in [0, 0.1) is 5.82 Å². The lowest BCUT2D eigenvalue weighted by Crippen LogP contribution is -2.38. The number of aliphatic imine (C=N–C) groups is 1. The van der Waals surface area contributed by atoms with Gasteiger partial charge < -0.3 is 10.2 Å². The van der Waals surface area contributed by atoms with Gasteiger partial charge in [-0.15, -0.1) is 24.0 Å². The molecule has 0 aliphatic rings. The Morgan fingerprint density at radius 1 is 1.07 bits per heavy atom. The normalized spacial score (nSPS) is 11.9. The molecule has 0 saturated carbocycles. The summed E-state index contributed by atoms with van der Waals surface area (Å²) in [6.45, 7) is 1.000. The van der Waals surface area contributed by atoms with E-state index in [1.54, 1.807) is 37.4 Å². The van der Waals surface area contributed by atoms with E-state index in [1.807, 2.05) is 18.0 Å². The van der Waals surface area contributed by atoms with Crippen LogP contribution in [0.3, 0.4) is 0 Å². The molecule has 0 heterocycles. The van der Waals surface area contributed by atoms with Gasteiger partial charge in [0.05, 0.1) is 4.90 Å². The molecule has 0 spiro atoms. The Balaban J connectivity index is 0.00000392. The standard InChI is InChI=1S/C19H25FN4O2S.HI/c1-21-19(24(4)14-16-6-5-7-17(20)12-16)22-13-15-8-10-18(11-9-15)27(25,26)23(2)3;/h5-12H,13-14H2,1-4H3,(H,21,22);1H. The zero-order valence-electron chi connectivity index (χ0n) is 16.4. The molecule has 28 heavy (non-hydrogen) atoms. The van der Waals surface area contributed by atoms with Gasteiger partial charge in [0.2, 0.25) is 10.0 Å². The van der Waals surface area contributed by atoms with Crippen molar-refractivity contribution in [3.8, 4) is 0 Å². The molecule has 2 aromatic rings. The highest BCUT2D eigenvalue weighted by Crippen LogP contribution is 2.14. The van der Waals surface area contributed by atoms with Gasteiger partial charge in [-0.3, -0.25) is 4.99 Å². The quantitative estimate of drug-likeness (QED) is 0.362. The predicted molar refractivity (Wildman–Crippen MR) is 121 cm³/mol. The van der Waals surface area contributed by atoms with E-state index in [1.165, 1.54) is 30.5 Å². The summed E-state index contributed by atoms with van der Waals surface area (Å²) in [4.78, 5) is 6.38. The maximum Gasteiger partial charge on any atom is 0.242 e. The minimum atomic E-state index is -3.43. The molecule has 0 aliphatic heterocycles. The predicted octanol–water partition coefficient (Wildman–Crippen LogP) is 2.90. The maximum absolute atomic E-state index is 13.3. The maximum atomic E-state index is 13.3. The molecule has 0 amide bonds. The van der Waals surface area contributed by atoms with Gasteiger partial charge in [0, 0.05) is 41.3 Å². The van der Waals surface area contributed by atoms with E-state index in [9.17, 15) is 12.8 Å².